The molecule has 1 amide bonds. The monoisotopic (exact) mass is 420 g/mol. The van der Waals surface area contributed by atoms with Crippen LogP contribution in [-0.4, -0.2) is 48.9 Å². The highest BCUT2D eigenvalue weighted by molar-refractivity contribution is 14.1. The maximum absolute atomic E-state index is 12.9. The van der Waals surface area contributed by atoms with E-state index in [2.05, 4.69) is 27.5 Å². The normalized spacial score (nSPS) is 15.7. The molecule has 1 saturated carbocycles. The summed E-state index contributed by atoms with van der Waals surface area (Å²) in [6.45, 7) is 1.67. The molecule has 21 heavy (non-hydrogen) atoms. The first-order valence-corrected chi connectivity index (χ1v) is 8.85. The lowest BCUT2D eigenvalue weighted by molar-refractivity contribution is 0.0667. The van der Waals surface area contributed by atoms with Gasteiger partial charge in [-0.15, -0.1) is 0 Å². The molecule has 1 fully saturated rings. The molecule has 0 bridgehead atoms. The first-order valence-electron chi connectivity index (χ1n) is 7.40. The van der Waals surface area contributed by atoms with Gasteiger partial charge in [-0.3, -0.25) is 4.79 Å². The van der Waals surface area contributed by atoms with E-state index in [4.69, 9.17) is 11.6 Å². The second-order valence-corrected chi connectivity index (χ2v) is 7.44. The Morgan fingerprint density at radius 2 is 1.95 bits per heavy atom. The molecule has 0 saturated heterocycles. The first kappa shape index (κ1) is 17.0. The van der Waals surface area contributed by atoms with Crippen molar-refractivity contribution in [1.82, 2.24) is 9.80 Å². The van der Waals surface area contributed by atoms with Gasteiger partial charge in [-0.1, -0.05) is 24.4 Å². The number of benzene rings is 1. The second kappa shape index (κ2) is 7.79. The molecule has 5 heteroatoms. The minimum absolute atomic E-state index is 0.113. The minimum Gasteiger partial charge on any atom is -0.334 e. The topological polar surface area (TPSA) is 23.6 Å². The summed E-state index contributed by atoms with van der Waals surface area (Å²) >= 11 is 8.35. The van der Waals surface area contributed by atoms with E-state index in [0.29, 0.717) is 16.6 Å². The number of hydrogen-bond donors (Lipinski definition) is 0. The second-order valence-electron chi connectivity index (χ2n) is 5.87. The number of hydrogen-bond acceptors (Lipinski definition) is 2. The van der Waals surface area contributed by atoms with Crippen LogP contribution >= 0.6 is 34.2 Å². The van der Waals surface area contributed by atoms with Crippen LogP contribution in [0.4, 0.5) is 0 Å². The fraction of sp³-hybridized carbons (Fsp3) is 0.562. The van der Waals surface area contributed by atoms with Crippen molar-refractivity contribution in [2.24, 2.45) is 0 Å². The van der Waals surface area contributed by atoms with Gasteiger partial charge in [0.1, 0.15) is 0 Å². The Hall–Kier alpha value is -0.330. The van der Waals surface area contributed by atoms with Crippen molar-refractivity contribution in [3.63, 3.8) is 0 Å². The van der Waals surface area contributed by atoms with E-state index in [-0.39, 0.29) is 5.91 Å². The van der Waals surface area contributed by atoms with Gasteiger partial charge in [0.15, 0.2) is 0 Å². The molecule has 0 radical (unpaired) electrons. The first-order chi connectivity index (χ1) is 9.99. The molecular formula is C16H22ClIN2O. The maximum atomic E-state index is 12.9. The molecule has 0 atom stereocenters. The lowest BCUT2D eigenvalue weighted by atomic mass is 10.1. The zero-order valence-electron chi connectivity index (χ0n) is 12.6. The lowest BCUT2D eigenvalue weighted by Gasteiger charge is -2.30. The van der Waals surface area contributed by atoms with E-state index >= 15 is 0 Å². The van der Waals surface area contributed by atoms with E-state index in [1.807, 2.05) is 31.1 Å². The van der Waals surface area contributed by atoms with E-state index in [1.165, 1.54) is 12.8 Å². The highest BCUT2D eigenvalue weighted by Crippen LogP contribution is 2.26. The van der Waals surface area contributed by atoms with E-state index < -0.39 is 0 Å². The predicted molar refractivity (Wildman–Crippen MR) is 96.0 cm³/mol. The molecule has 0 unspecified atom stereocenters. The maximum Gasteiger partial charge on any atom is 0.254 e. The number of likely N-dealkylation sites (N-methyl/N-ethyl adjacent to an activating group) is 1. The van der Waals surface area contributed by atoms with Crippen LogP contribution in [0.25, 0.3) is 0 Å². The molecule has 0 aliphatic heterocycles. The summed E-state index contributed by atoms with van der Waals surface area (Å²) in [5.41, 5.74) is 0.700. The summed E-state index contributed by atoms with van der Waals surface area (Å²) in [5, 5.41) is 0.653. The zero-order chi connectivity index (χ0) is 15.4. The van der Waals surface area contributed by atoms with E-state index in [0.717, 1.165) is 29.5 Å². The van der Waals surface area contributed by atoms with Gasteiger partial charge in [-0.2, -0.15) is 0 Å². The Labute approximate surface area is 145 Å². The van der Waals surface area contributed by atoms with E-state index in [9.17, 15) is 4.79 Å². The third kappa shape index (κ3) is 4.57. The quantitative estimate of drug-likeness (QED) is 0.675. The van der Waals surface area contributed by atoms with Crippen LogP contribution in [0.5, 0.6) is 0 Å². The number of rotatable bonds is 5. The summed E-state index contributed by atoms with van der Waals surface area (Å²) in [6, 6.07) is 5.97. The van der Waals surface area contributed by atoms with Gasteiger partial charge in [0.25, 0.3) is 5.91 Å². The van der Waals surface area contributed by atoms with Crippen molar-refractivity contribution in [2.75, 3.05) is 27.2 Å². The number of carbonyl (C=O) groups excluding carboxylic acids is 1. The van der Waals surface area contributed by atoms with Crippen molar-refractivity contribution in [3.8, 4) is 0 Å². The lowest BCUT2D eigenvalue weighted by Crippen LogP contribution is -2.42. The average molecular weight is 421 g/mol. The molecule has 1 aliphatic carbocycles. The molecule has 3 nitrogen and oxygen atoms in total. The highest BCUT2D eigenvalue weighted by Gasteiger charge is 2.27. The number of carbonyl (C=O) groups is 1. The fourth-order valence-electron chi connectivity index (χ4n) is 2.77. The standard InChI is InChI=1S/C16H22ClIN2O/c1-19(2)9-10-20(13-5-3-4-6-13)16(21)12-7-8-15(18)14(17)11-12/h7-8,11,13H,3-6,9-10H2,1-2H3. The predicted octanol–water partition coefficient (Wildman–Crippen LogP) is 3.89. The largest absolute Gasteiger partial charge is 0.334 e. The van der Waals surface area contributed by atoms with Crippen LogP contribution in [0.1, 0.15) is 36.0 Å². The molecule has 0 heterocycles. The molecule has 116 valence electrons. The van der Waals surface area contributed by atoms with Crippen LogP contribution in [-0.2, 0) is 0 Å². The molecule has 0 aromatic heterocycles. The minimum atomic E-state index is 0.113. The summed E-state index contributed by atoms with van der Waals surface area (Å²) in [6.07, 6.45) is 4.70. The Kier molecular flexibility index (Phi) is 6.32. The number of halogens is 2. The van der Waals surface area contributed by atoms with Crippen LogP contribution in [0, 0.1) is 3.57 Å². The third-order valence-corrected chi connectivity index (χ3v) is 5.55. The summed E-state index contributed by atoms with van der Waals surface area (Å²) in [4.78, 5) is 17.0. The fourth-order valence-corrected chi connectivity index (χ4v) is 3.28. The molecule has 1 aromatic carbocycles. The van der Waals surface area contributed by atoms with Gasteiger partial charge in [-0.25, -0.2) is 0 Å². The number of nitrogens with zero attached hydrogens (tertiary/aromatic N) is 2. The van der Waals surface area contributed by atoms with Crippen molar-refractivity contribution in [2.45, 2.75) is 31.7 Å². The molecule has 0 spiro atoms. The van der Waals surface area contributed by atoms with Crippen molar-refractivity contribution >= 4 is 40.1 Å². The van der Waals surface area contributed by atoms with Gasteiger partial charge in [0.2, 0.25) is 0 Å². The molecule has 1 aliphatic rings. The summed E-state index contributed by atoms with van der Waals surface area (Å²) < 4.78 is 0.978. The van der Waals surface area contributed by atoms with Crippen LogP contribution < -0.4 is 0 Å². The molecule has 1 aromatic rings. The SMILES string of the molecule is CN(C)CCN(C(=O)c1ccc(I)c(Cl)c1)C1CCCC1. The van der Waals surface area contributed by atoms with Gasteiger partial charge < -0.3 is 9.80 Å². The smallest absolute Gasteiger partial charge is 0.254 e. The third-order valence-electron chi connectivity index (χ3n) is 3.98. The Balaban J connectivity index is 2.17. The van der Waals surface area contributed by atoms with Gasteiger partial charge in [-0.05, 0) is 67.7 Å². The van der Waals surface area contributed by atoms with Crippen molar-refractivity contribution < 1.29 is 4.79 Å². The van der Waals surface area contributed by atoms with Gasteiger partial charge in [0, 0.05) is 28.3 Å². The Bertz CT molecular complexity index is 501. The number of amides is 1. The van der Waals surface area contributed by atoms with Crippen LogP contribution in [0.2, 0.25) is 5.02 Å². The van der Waals surface area contributed by atoms with Crippen molar-refractivity contribution in [3.05, 3.63) is 32.4 Å². The molecular weight excluding hydrogens is 399 g/mol. The highest BCUT2D eigenvalue weighted by atomic mass is 127. The van der Waals surface area contributed by atoms with Crippen LogP contribution in [0.15, 0.2) is 18.2 Å². The zero-order valence-corrected chi connectivity index (χ0v) is 15.5. The average Bonchev–Trinajstić information content (AvgIpc) is 2.95. The van der Waals surface area contributed by atoms with Crippen molar-refractivity contribution in [1.29, 1.82) is 0 Å². The Morgan fingerprint density at radius 3 is 2.52 bits per heavy atom. The Morgan fingerprint density at radius 1 is 1.29 bits per heavy atom. The summed E-state index contributed by atoms with van der Waals surface area (Å²) in [7, 11) is 4.08. The molecule has 0 N–H and O–H groups in total. The van der Waals surface area contributed by atoms with Gasteiger partial charge >= 0.3 is 0 Å². The van der Waals surface area contributed by atoms with E-state index in [1.54, 1.807) is 6.07 Å². The van der Waals surface area contributed by atoms with Gasteiger partial charge in [0.05, 0.1) is 5.02 Å². The van der Waals surface area contributed by atoms with Crippen LogP contribution in [0.3, 0.4) is 0 Å². The summed E-state index contributed by atoms with van der Waals surface area (Å²) in [5.74, 6) is 0.113. The molecule has 2 rings (SSSR count).